The summed E-state index contributed by atoms with van der Waals surface area (Å²) in [7, 11) is -4.26. The monoisotopic (exact) mass is 415 g/mol. The van der Waals surface area contributed by atoms with Gasteiger partial charge in [-0.15, -0.1) is 0 Å². The summed E-state index contributed by atoms with van der Waals surface area (Å²) in [5.74, 6) is -0.561. The summed E-state index contributed by atoms with van der Waals surface area (Å²) >= 11 is 8.01. The van der Waals surface area contributed by atoms with Crippen LogP contribution in [0.25, 0.3) is 0 Å². The summed E-state index contributed by atoms with van der Waals surface area (Å²) in [6, 6.07) is 7.66. The highest BCUT2D eigenvalue weighted by atomic mass is 32.2. The number of thiocarbonyl (C=S) groups is 1. The Hall–Kier alpha value is -1.07. The van der Waals surface area contributed by atoms with E-state index in [1.54, 1.807) is 4.90 Å². The number of hydrogen-bond donors (Lipinski definition) is 0. The van der Waals surface area contributed by atoms with Crippen LogP contribution in [0.15, 0.2) is 39.1 Å². The van der Waals surface area contributed by atoms with Crippen LogP contribution in [0.4, 0.5) is 5.69 Å². The molecule has 2 aliphatic heterocycles. The van der Waals surface area contributed by atoms with Gasteiger partial charge in [0.2, 0.25) is 0 Å². The Morgan fingerprint density at radius 1 is 1.20 bits per heavy atom. The third-order valence-corrected chi connectivity index (χ3v) is 7.28. The van der Waals surface area contributed by atoms with Crippen LogP contribution in [0, 0.1) is 0 Å². The lowest BCUT2D eigenvalue weighted by Gasteiger charge is -2.21. The van der Waals surface area contributed by atoms with Gasteiger partial charge in [0.05, 0.1) is 15.8 Å². The van der Waals surface area contributed by atoms with E-state index in [-0.39, 0.29) is 12.3 Å². The molecule has 1 aromatic rings. The molecule has 0 aromatic heterocycles. The van der Waals surface area contributed by atoms with Gasteiger partial charge in [-0.05, 0) is 25.5 Å². The largest absolute Gasteiger partial charge is 0.748 e. The van der Waals surface area contributed by atoms with Gasteiger partial charge in [0.1, 0.15) is 14.3 Å². The van der Waals surface area contributed by atoms with Gasteiger partial charge >= 0.3 is 0 Å². The molecular weight excluding hydrogens is 400 g/mol. The number of thioether (sulfide) groups is 2. The van der Waals surface area contributed by atoms with Crippen LogP contribution in [0.2, 0.25) is 0 Å². The van der Waals surface area contributed by atoms with Crippen molar-refractivity contribution >= 4 is 61.8 Å². The zero-order valence-corrected chi connectivity index (χ0v) is 16.6. The number of rotatable bonds is 5. The zero-order valence-electron chi connectivity index (χ0n) is 13.3. The fourth-order valence-electron chi connectivity index (χ4n) is 2.62. The van der Waals surface area contributed by atoms with Crippen LogP contribution < -0.4 is 4.90 Å². The topological polar surface area (TPSA) is 80.8 Å². The van der Waals surface area contributed by atoms with Gasteiger partial charge in [-0.2, -0.15) is 0 Å². The normalized spacial score (nSPS) is 20.6. The molecule has 3 rings (SSSR count). The number of para-hydroxylation sites is 1. The number of hydrogen-bond acceptors (Lipinski definition) is 8. The van der Waals surface area contributed by atoms with Crippen LogP contribution in [0.3, 0.4) is 0 Å². The lowest BCUT2D eigenvalue weighted by molar-refractivity contribution is -0.122. The number of amides is 1. The Kier molecular flexibility index (Phi) is 5.45. The van der Waals surface area contributed by atoms with Gasteiger partial charge < -0.3 is 9.45 Å². The molecule has 0 aliphatic carbocycles. The van der Waals surface area contributed by atoms with Crippen molar-refractivity contribution in [2.45, 2.75) is 18.2 Å². The van der Waals surface area contributed by atoms with Crippen molar-refractivity contribution in [3.8, 4) is 0 Å². The molecule has 6 nitrogen and oxygen atoms in total. The molecule has 1 fully saturated rings. The highest BCUT2D eigenvalue weighted by Gasteiger charge is 2.38. The van der Waals surface area contributed by atoms with Gasteiger partial charge in [0.25, 0.3) is 5.91 Å². The minimum absolute atomic E-state index is 0.130. The molecule has 1 amide bonds. The van der Waals surface area contributed by atoms with Crippen molar-refractivity contribution in [2.24, 2.45) is 0 Å². The van der Waals surface area contributed by atoms with Crippen LogP contribution in [-0.4, -0.2) is 46.9 Å². The smallest absolute Gasteiger partial charge is 0.268 e. The van der Waals surface area contributed by atoms with E-state index in [9.17, 15) is 17.8 Å². The molecule has 0 spiro atoms. The Morgan fingerprint density at radius 3 is 2.56 bits per heavy atom. The van der Waals surface area contributed by atoms with Crippen LogP contribution in [0.1, 0.15) is 13.3 Å². The van der Waals surface area contributed by atoms with Gasteiger partial charge in [-0.3, -0.25) is 9.69 Å². The maximum absolute atomic E-state index is 12.6. The molecule has 134 valence electrons. The molecular formula is C15H15N2O4S4-. The SMILES string of the molecule is CCN1C(=O)/C(=C2/Sc3ccccc3N2CCCS(=O)(=O)[O-])SC1=S. The summed E-state index contributed by atoms with van der Waals surface area (Å²) < 4.78 is 33.2. The minimum Gasteiger partial charge on any atom is -0.748 e. The average molecular weight is 416 g/mol. The standard InChI is InChI=1S/C15H16N2O4S4/c1-2-16-13(18)12(24-15(16)22)14-17(8-5-9-25(19,20)21)10-6-3-4-7-11(10)23-14/h3-4,6-7H,2,5,8-9H2,1H3,(H,19,20,21)/p-1/b14-12-. The number of carbonyl (C=O) groups is 1. The van der Waals surface area contributed by atoms with Crippen molar-refractivity contribution in [2.75, 3.05) is 23.7 Å². The maximum atomic E-state index is 12.6. The molecule has 0 saturated carbocycles. The van der Waals surface area contributed by atoms with E-state index in [1.165, 1.54) is 23.5 Å². The lowest BCUT2D eigenvalue weighted by atomic mass is 10.3. The van der Waals surface area contributed by atoms with Gasteiger partial charge in [0, 0.05) is 23.7 Å². The minimum atomic E-state index is -4.26. The Bertz CT molecular complexity index is 866. The molecule has 10 heteroatoms. The predicted molar refractivity (Wildman–Crippen MR) is 103 cm³/mol. The second-order valence-electron chi connectivity index (χ2n) is 5.39. The average Bonchev–Trinajstić information content (AvgIpc) is 3.04. The number of likely N-dealkylation sites (N-methyl/N-ethyl adjacent to an activating group) is 1. The number of anilines is 1. The second-order valence-corrected chi connectivity index (χ2v) is 9.59. The lowest BCUT2D eigenvalue weighted by Crippen LogP contribution is -2.29. The van der Waals surface area contributed by atoms with Gasteiger partial charge in [-0.1, -0.05) is 47.9 Å². The zero-order chi connectivity index (χ0) is 18.2. The van der Waals surface area contributed by atoms with Crippen molar-refractivity contribution < 1.29 is 17.8 Å². The van der Waals surface area contributed by atoms with E-state index in [1.807, 2.05) is 36.1 Å². The van der Waals surface area contributed by atoms with E-state index in [0.717, 1.165) is 15.6 Å². The first kappa shape index (κ1) is 18.7. The maximum Gasteiger partial charge on any atom is 0.268 e. The van der Waals surface area contributed by atoms with E-state index < -0.39 is 15.9 Å². The summed E-state index contributed by atoms with van der Waals surface area (Å²) in [5, 5.41) is 0.748. The number of benzene rings is 1. The molecule has 25 heavy (non-hydrogen) atoms. The summed E-state index contributed by atoms with van der Waals surface area (Å²) in [6.07, 6.45) is 0.193. The number of carbonyl (C=O) groups excluding carboxylic acids is 1. The van der Waals surface area contributed by atoms with Gasteiger partial charge in [-0.25, -0.2) is 8.42 Å². The second kappa shape index (κ2) is 7.28. The molecule has 0 atom stereocenters. The van der Waals surface area contributed by atoms with Crippen LogP contribution in [0.5, 0.6) is 0 Å². The molecule has 0 bridgehead atoms. The first-order valence-electron chi connectivity index (χ1n) is 7.57. The number of fused-ring (bicyclic) bond motifs is 1. The Morgan fingerprint density at radius 2 is 1.92 bits per heavy atom. The summed E-state index contributed by atoms with van der Waals surface area (Å²) in [6.45, 7) is 2.72. The van der Waals surface area contributed by atoms with Crippen LogP contribution in [-0.2, 0) is 14.9 Å². The molecule has 2 heterocycles. The Labute approximate surface area is 160 Å². The summed E-state index contributed by atoms with van der Waals surface area (Å²) in [5.41, 5.74) is 0.910. The first-order chi connectivity index (χ1) is 11.8. The molecule has 1 aromatic carbocycles. The van der Waals surface area contributed by atoms with E-state index in [0.29, 0.717) is 22.3 Å². The highest BCUT2D eigenvalue weighted by molar-refractivity contribution is 8.27. The van der Waals surface area contributed by atoms with Crippen molar-refractivity contribution in [1.82, 2.24) is 4.90 Å². The van der Waals surface area contributed by atoms with Crippen LogP contribution >= 0.6 is 35.7 Å². The van der Waals surface area contributed by atoms with Crippen molar-refractivity contribution in [3.63, 3.8) is 0 Å². The third kappa shape index (κ3) is 3.87. The fourth-order valence-corrected chi connectivity index (χ4v) is 5.83. The molecule has 0 radical (unpaired) electrons. The quantitative estimate of drug-likeness (QED) is 0.412. The molecule has 1 saturated heterocycles. The van der Waals surface area contributed by atoms with Gasteiger partial charge in [0.15, 0.2) is 0 Å². The van der Waals surface area contributed by atoms with Crippen molar-refractivity contribution in [1.29, 1.82) is 0 Å². The Balaban J connectivity index is 1.94. The third-order valence-electron chi connectivity index (χ3n) is 3.74. The molecule has 2 aliphatic rings. The summed E-state index contributed by atoms with van der Waals surface area (Å²) in [4.78, 5) is 17.6. The van der Waals surface area contributed by atoms with E-state index >= 15 is 0 Å². The van der Waals surface area contributed by atoms with Crippen molar-refractivity contribution in [3.05, 3.63) is 34.2 Å². The van der Waals surface area contributed by atoms with E-state index in [2.05, 4.69) is 0 Å². The molecule has 0 N–H and O–H groups in total. The molecule has 0 unspecified atom stereocenters. The number of nitrogens with zero attached hydrogens (tertiary/aromatic N) is 2. The highest BCUT2D eigenvalue weighted by Crippen LogP contribution is 2.50. The predicted octanol–water partition coefficient (Wildman–Crippen LogP) is 2.58. The first-order valence-corrected chi connectivity index (χ1v) is 11.2. The van der Waals surface area contributed by atoms with E-state index in [4.69, 9.17) is 12.2 Å². The fraction of sp³-hybridized carbons (Fsp3) is 0.333.